The molecule has 0 aromatic heterocycles. The van der Waals surface area contributed by atoms with E-state index in [9.17, 15) is 5.11 Å². The zero-order valence-corrected chi connectivity index (χ0v) is 13.5. The molecule has 2 aromatic carbocycles. The van der Waals surface area contributed by atoms with Crippen molar-refractivity contribution >= 4 is 16.5 Å². The van der Waals surface area contributed by atoms with Gasteiger partial charge in [0, 0.05) is 36.1 Å². The van der Waals surface area contributed by atoms with Crippen molar-refractivity contribution < 1.29 is 14.6 Å². The molecular formula is C18H24N2O3. The minimum atomic E-state index is -0.591. The number of anilines is 1. The van der Waals surface area contributed by atoms with E-state index < -0.39 is 6.23 Å². The highest BCUT2D eigenvalue weighted by Gasteiger charge is 2.11. The van der Waals surface area contributed by atoms with Crippen LogP contribution in [0.1, 0.15) is 6.92 Å². The molecule has 1 saturated heterocycles. The molecule has 3 rings (SSSR count). The van der Waals surface area contributed by atoms with Gasteiger partial charge in [0.2, 0.25) is 0 Å². The predicted octanol–water partition coefficient (Wildman–Crippen LogP) is 2.30. The van der Waals surface area contributed by atoms with Crippen LogP contribution in [0.5, 0.6) is 5.75 Å². The number of hydrogen-bond donors (Lipinski definition) is 2. The van der Waals surface area contributed by atoms with Gasteiger partial charge in [0.05, 0.1) is 13.2 Å². The molecule has 0 spiro atoms. The monoisotopic (exact) mass is 316 g/mol. The van der Waals surface area contributed by atoms with Gasteiger partial charge in [-0.3, -0.25) is 4.90 Å². The Morgan fingerprint density at radius 1 is 1.17 bits per heavy atom. The molecule has 0 radical (unpaired) electrons. The second kappa shape index (κ2) is 7.64. The van der Waals surface area contributed by atoms with Crippen LogP contribution in [0.3, 0.4) is 0 Å². The van der Waals surface area contributed by atoms with Crippen molar-refractivity contribution in [2.45, 2.75) is 13.2 Å². The van der Waals surface area contributed by atoms with Gasteiger partial charge in [0.1, 0.15) is 18.6 Å². The number of benzene rings is 2. The minimum Gasteiger partial charge on any atom is -0.492 e. The molecule has 1 heterocycles. The van der Waals surface area contributed by atoms with Crippen molar-refractivity contribution in [3.8, 4) is 5.75 Å². The zero-order chi connectivity index (χ0) is 16.1. The average molecular weight is 316 g/mol. The summed E-state index contributed by atoms with van der Waals surface area (Å²) in [7, 11) is 0. The lowest BCUT2D eigenvalue weighted by Gasteiger charge is -2.26. The van der Waals surface area contributed by atoms with Crippen LogP contribution in [0.15, 0.2) is 36.4 Å². The number of aliphatic hydroxyl groups excluding tert-OH is 1. The third-order valence-corrected chi connectivity index (χ3v) is 4.02. The van der Waals surface area contributed by atoms with Gasteiger partial charge in [-0.2, -0.15) is 0 Å². The summed E-state index contributed by atoms with van der Waals surface area (Å²) in [5.74, 6) is 0.880. The van der Waals surface area contributed by atoms with Gasteiger partial charge in [0.25, 0.3) is 0 Å². The highest BCUT2D eigenvalue weighted by atomic mass is 16.5. The molecule has 1 atom stereocenters. The summed E-state index contributed by atoms with van der Waals surface area (Å²) in [5.41, 5.74) is 0.913. The molecule has 0 saturated carbocycles. The zero-order valence-electron chi connectivity index (χ0n) is 13.5. The van der Waals surface area contributed by atoms with Gasteiger partial charge in [-0.15, -0.1) is 0 Å². The molecule has 5 nitrogen and oxygen atoms in total. The number of nitrogens with zero attached hydrogens (tertiary/aromatic N) is 1. The lowest BCUT2D eigenvalue weighted by atomic mass is 10.1. The van der Waals surface area contributed by atoms with E-state index in [-0.39, 0.29) is 0 Å². The SMILES string of the molecule is CC(O)Nc1ccc(OCCN2CCOCC2)c2ccccc12. The summed E-state index contributed by atoms with van der Waals surface area (Å²) in [6, 6.07) is 12.0. The number of nitrogens with one attached hydrogen (secondary N) is 1. The van der Waals surface area contributed by atoms with Gasteiger partial charge in [-0.1, -0.05) is 24.3 Å². The second-order valence-electron chi connectivity index (χ2n) is 5.78. The molecule has 0 aliphatic carbocycles. The average Bonchev–Trinajstić information content (AvgIpc) is 2.57. The summed E-state index contributed by atoms with van der Waals surface area (Å²) in [4.78, 5) is 2.36. The predicted molar refractivity (Wildman–Crippen MR) is 92.0 cm³/mol. The lowest BCUT2D eigenvalue weighted by molar-refractivity contribution is 0.0323. The summed E-state index contributed by atoms with van der Waals surface area (Å²) in [5, 5.41) is 14.7. The van der Waals surface area contributed by atoms with Crippen LogP contribution in [0, 0.1) is 0 Å². The molecule has 2 N–H and O–H groups in total. The van der Waals surface area contributed by atoms with E-state index in [1.165, 1.54) is 0 Å². The third-order valence-electron chi connectivity index (χ3n) is 4.02. The van der Waals surface area contributed by atoms with E-state index in [1.807, 2.05) is 36.4 Å². The Morgan fingerprint density at radius 2 is 1.91 bits per heavy atom. The summed E-state index contributed by atoms with van der Waals surface area (Å²) in [6.45, 7) is 6.84. The smallest absolute Gasteiger partial charge is 0.127 e. The molecule has 0 bridgehead atoms. The number of ether oxygens (including phenoxy) is 2. The topological polar surface area (TPSA) is 54.0 Å². The maximum Gasteiger partial charge on any atom is 0.127 e. The van der Waals surface area contributed by atoms with Crippen molar-refractivity contribution in [2.24, 2.45) is 0 Å². The molecule has 1 aliphatic heterocycles. The van der Waals surface area contributed by atoms with Crippen LogP contribution < -0.4 is 10.1 Å². The lowest BCUT2D eigenvalue weighted by Crippen LogP contribution is -2.38. The number of hydrogen-bond acceptors (Lipinski definition) is 5. The largest absolute Gasteiger partial charge is 0.492 e. The van der Waals surface area contributed by atoms with Crippen LogP contribution >= 0.6 is 0 Å². The Bertz CT molecular complexity index is 639. The molecule has 2 aromatic rings. The van der Waals surface area contributed by atoms with Gasteiger partial charge < -0.3 is 19.9 Å². The Morgan fingerprint density at radius 3 is 2.65 bits per heavy atom. The van der Waals surface area contributed by atoms with E-state index in [1.54, 1.807) is 6.92 Å². The first-order valence-corrected chi connectivity index (χ1v) is 8.13. The fraction of sp³-hybridized carbons (Fsp3) is 0.444. The molecule has 0 amide bonds. The summed E-state index contributed by atoms with van der Waals surface area (Å²) >= 11 is 0. The fourth-order valence-electron chi connectivity index (χ4n) is 2.86. The Labute approximate surface area is 136 Å². The Hall–Kier alpha value is -1.82. The maximum absolute atomic E-state index is 9.56. The minimum absolute atomic E-state index is 0.591. The third kappa shape index (κ3) is 4.13. The van der Waals surface area contributed by atoms with E-state index >= 15 is 0 Å². The van der Waals surface area contributed by atoms with E-state index in [0.29, 0.717) is 6.61 Å². The highest BCUT2D eigenvalue weighted by Crippen LogP contribution is 2.31. The molecule has 1 unspecified atom stereocenters. The number of aliphatic hydroxyl groups is 1. The van der Waals surface area contributed by atoms with Crippen molar-refractivity contribution in [3.05, 3.63) is 36.4 Å². The molecular weight excluding hydrogens is 292 g/mol. The van der Waals surface area contributed by atoms with Crippen LogP contribution in [0.25, 0.3) is 10.8 Å². The van der Waals surface area contributed by atoms with Crippen molar-refractivity contribution in [2.75, 3.05) is 44.8 Å². The number of rotatable bonds is 6. The van der Waals surface area contributed by atoms with Gasteiger partial charge >= 0.3 is 0 Å². The van der Waals surface area contributed by atoms with Crippen LogP contribution in [0.2, 0.25) is 0 Å². The van der Waals surface area contributed by atoms with E-state index in [4.69, 9.17) is 9.47 Å². The molecule has 1 aliphatic rings. The van der Waals surface area contributed by atoms with Crippen LogP contribution in [-0.2, 0) is 4.74 Å². The van der Waals surface area contributed by atoms with Crippen LogP contribution in [0.4, 0.5) is 5.69 Å². The van der Waals surface area contributed by atoms with Gasteiger partial charge in [0.15, 0.2) is 0 Å². The molecule has 5 heteroatoms. The molecule has 23 heavy (non-hydrogen) atoms. The number of morpholine rings is 1. The van der Waals surface area contributed by atoms with E-state index in [2.05, 4.69) is 10.2 Å². The molecule has 1 fully saturated rings. The first kappa shape index (κ1) is 16.1. The Balaban J connectivity index is 1.70. The van der Waals surface area contributed by atoms with Crippen LogP contribution in [-0.4, -0.2) is 55.7 Å². The normalized spacial score (nSPS) is 17.1. The van der Waals surface area contributed by atoms with E-state index in [0.717, 1.165) is 55.1 Å². The Kier molecular flexibility index (Phi) is 5.33. The van der Waals surface area contributed by atoms with Gasteiger partial charge in [-0.25, -0.2) is 0 Å². The number of fused-ring (bicyclic) bond motifs is 1. The summed E-state index contributed by atoms with van der Waals surface area (Å²) < 4.78 is 11.4. The van der Waals surface area contributed by atoms with Crippen molar-refractivity contribution in [3.63, 3.8) is 0 Å². The maximum atomic E-state index is 9.56. The van der Waals surface area contributed by atoms with Crippen molar-refractivity contribution in [1.29, 1.82) is 0 Å². The summed E-state index contributed by atoms with van der Waals surface area (Å²) in [6.07, 6.45) is -0.591. The second-order valence-corrected chi connectivity index (χ2v) is 5.78. The van der Waals surface area contributed by atoms with Crippen molar-refractivity contribution in [1.82, 2.24) is 4.90 Å². The fourth-order valence-corrected chi connectivity index (χ4v) is 2.86. The first-order chi connectivity index (χ1) is 11.2. The highest BCUT2D eigenvalue weighted by molar-refractivity contribution is 5.97. The first-order valence-electron chi connectivity index (χ1n) is 8.13. The standard InChI is InChI=1S/C18H24N2O3/c1-14(21)19-17-6-7-18(16-5-3-2-4-15(16)17)23-13-10-20-8-11-22-12-9-20/h2-7,14,19,21H,8-13H2,1H3. The molecule has 124 valence electrons. The quantitative estimate of drug-likeness (QED) is 0.801. The van der Waals surface area contributed by atoms with Gasteiger partial charge in [-0.05, 0) is 19.1 Å².